The van der Waals surface area contributed by atoms with E-state index < -0.39 is 5.82 Å². The molecule has 1 aromatic heterocycles. The number of hydrogen-bond acceptors (Lipinski definition) is 8. The summed E-state index contributed by atoms with van der Waals surface area (Å²) in [4.78, 5) is 10.8. The quantitative estimate of drug-likeness (QED) is 0.492. The largest absolute Gasteiger partial charge is 0.506 e. The van der Waals surface area contributed by atoms with Crippen LogP contribution in [0.1, 0.15) is 6.42 Å². The maximum absolute atomic E-state index is 14.3. The molecule has 2 aromatic carbocycles. The van der Waals surface area contributed by atoms with Crippen molar-refractivity contribution >= 4 is 34.0 Å². The lowest BCUT2D eigenvalue weighted by molar-refractivity contribution is 0.203. The van der Waals surface area contributed by atoms with Crippen molar-refractivity contribution in [2.75, 3.05) is 45.7 Å². The highest BCUT2D eigenvalue weighted by atomic mass is 35.5. The number of likely N-dealkylation sites (N-methyl/N-ethyl adjacent to an activating group) is 1. The summed E-state index contributed by atoms with van der Waals surface area (Å²) in [6.45, 7) is 3.53. The van der Waals surface area contributed by atoms with Gasteiger partial charge in [-0.2, -0.15) is 0 Å². The van der Waals surface area contributed by atoms with Gasteiger partial charge in [-0.1, -0.05) is 11.6 Å². The summed E-state index contributed by atoms with van der Waals surface area (Å²) >= 11 is 5.76. The number of phenols is 1. The van der Waals surface area contributed by atoms with Crippen molar-refractivity contribution in [3.05, 3.63) is 41.4 Å². The van der Waals surface area contributed by atoms with E-state index >= 15 is 0 Å². The minimum Gasteiger partial charge on any atom is -0.506 e. The van der Waals surface area contributed by atoms with Crippen LogP contribution in [0.5, 0.6) is 17.2 Å². The Hall–Kier alpha value is -2.88. The SMILES string of the molecule is COc1cc2c(Nc3cc(O)c(Cl)cc3F)ncnc2cc1OCCC1CN(C)CCN1. The van der Waals surface area contributed by atoms with Gasteiger partial charge in [0.1, 0.15) is 23.7 Å². The van der Waals surface area contributed by atoms with Crippen molar-refractivity contribution in [1.82, 2.24) is 20.2 Å². The van der Waals surface area contributed by atoms with Gasteiger partial charge in [0.2, 0.25) is 0 Å². The zero-order valence-corrected chi connectivity index (χ0v) is 18.6. The predicted molar refractivity (Wildman–Crippen MR) is 122 cm³/mol. The maximum atomic E-state index is 14.3. The third-order valence-corrected chi connectivity index (χ3v) is 5.70. The molecule has 32 heavy (non-hydrogen) atoms. The van der Waals surface area contributed by atoms with Crippen molar-refractivity contribution < 1.29 is 19.0 Å². The van der Waals surface area contributed by atoms with Crippen molar-refractivity contribution in [3.8, 4) is 17.2 Å². The average Bonchev–Trinajstić information content (AvgIpc) is 2.77. The van der Waals surface area contributed by atoms with Crippen molar-refractivity contribution in [3.63, 3.8) is 0 Å². The minimum absolute atomic E-state index is 0.0381. The molecule has 3 N–H and O–H groups in total. The Morgan fingerprint density at radius 3 is 2.91 bits per heavy atom. The van der Waals surface area contributed by atoms with Crippen LogP contribution in [0.25, 0.3) is 10.9 Å². The third kappa shape index (κ3) is 4.95. The van der Waals surface area contributed by atoms with Crippen LogP contribution in [0, 0.1) is 5.82 Å². The highest BCUT2D eigenvalue weighted by Gasteiger charge is 2.18. The second-order valence-corrected chi connectivity index (χ2v) is 8.11. The molecule has 1 aliphatic rings. The lowest BCUT2D eigenvalue weighted by Gasteiger charge is -2.30. The molecular formula is C22H25ClFN5O3. The summed E-state index contributed by atoms with van der Waals surface area (Å²) in [5.41, 5.74) is 0.642. The number of halogens is 2. The molecule has 1 atom stereocenters. The molecule has 10 heteroatoms. The highest BCUT2D eigenvalue weighted by molar-refractivity contribution is 6.32. The number of anilines is 2. The Balaban J connectivity index is 1.55. The number of piperazine rings is 1. The number of phenolic OH excluding ortho intramolecular Hbond substituents is 1. The molecule has 170 valence electrons. The number of benzene rings is 2. The molecule has 0 radical (unpaired) electrons. The Kier molecular flexibility index (Phi) is 6.78. The zero-order valence-electron chi connectivity index (χ0n) is 17.9. The van der Waals surface area contributed by atoms with Crippen molar-refractivity contribution in [2.24, 2.45) is 0 Å². The Morgan fingerprint density at radius 2 is 2.12 bits per heavy atom. The number of rotatable bonds is 7. The molecule has 0 spiro atoms. The lowest BCUT2D eigenvalue weighted by atomic mass is 10.1. The molecule has 2 heterocycles. The molecule has 1 unspecified atom stereocenters. The van der Waals surface area contributed by atoms with E-state index in [1.54, 1.807) is 19.2 Å². The topological polar surface area (TPSA) is 91.8 Å². The molecule has 0 saturated carbocycles. The second kappa shape index (κ2) is 9.72. The number of aromatic hydroxyl groups is 1. The molecule has 1 aliphatic heterocycles. The Labute approximate surface area is 190 Å². The molecular weight excluding hydrogens is 437 g/mol. The number of methoxy groups -OCH3 is 1. The lowest BCUT2D eigenvalue weighted by Crippen LogP contribution is -2.49. The molecule has 3 aromatic rings. The summed E-state index contributed by atoms with van der Waals surface area (Å²) in [6, 6.07) is 6.14. The predicted octanol–water partition coefficient (Wildman–Crippen LogP) is 3.55. The van der Waals surface area contributed by atoms with E-state index in [0.29, 0.717) is 40.9 Å². The fourth-order valence-electron chi connectivity index (χ4n) is 3.69. The van der Waals surface area contributed by atoms with Crippen LogP contribution in [0.4, 0.5) is 15.9 Å². The van der Waals surface area contributed by atoms with Crippen LogP contribution < -0.4 is 20.1 Å². The van der Waals surface area contributed by atoms with Gasteiger partial charge in [0.05, 0.1) is 29.9 Å². The van der Waals surface area contributed by atoms with Gasteiger partial charge in [-0.15, -0.1) is 0 Å². The number of ether oxygens (including phenoxy) is 2. The summed E-state index contributed by atoms with van der Waals surface area (Å²) in [5, 5.41) is 16.7. The van der Waals surface area contributed by atoms with Crippen LogP contribution in [0.3, 0.4) is 0 Å². The zero-order chi connectivity index (χ0) is 22.7. The standard InChI is InChI=1S/C22H25ClFN5O3/c1-29-5-4-25-13(11-29)3-6-32-21-10-17-14(7-20(21)31-2)22(27-12-26-17)28-18-9-19(30)15(23)8-16(18)24/h7-10,12-13,25,30H,3-6,11H2,1-2H3,(H,26,27,28). The van der Waals surface area contributed by atoms with Gasteiger partial charge >= 0.3 is 0 Å². The van der Waals surface area contributed by atoms with Gasteiger partial charge in [0, 0.05) is 43.2 Å². The summed E-state index contributed by atoms with van der Waals surface area (Å²) in [6.07, 6.45) is 2.23. The van der Waals surface area contributed by atoms with Crippen LogP contribution in [-0.4, -0.2) is 66.4 Å². The Morgan fingerprint density at radius 1 is 1.28 bits per heavy atom. The number of nitrogens with zero attached hydrogens (tertiary/aromatic N) is 3. The minimum atomic E-state index is -0.617. The first kappa shape index (κ1) is 22.3. The van der Waals surface area contributed by atoms with Crippen LogP contribution >= 0.6 is 11.6 Å². The van der Waals surface area contributed by atoms with E-state index in [1.807, 2.05) is 0 Å². The van der Waals surface area contributed by atoms with Crippen molar-refractivity contribution in [2.45, 2.75) is 12.5 Å². The summed E-state index contributed by atoms with van der Waals surface area (Å²) in [7, 11) is 3.67. The smallest absolute Gasteiger partial charge is 0.163 e. The van der Waals surface area contributed by atoms with Crippen LogP contribution in [0.2, 0.25) is 5.02 Å². The maximum Gasteiger partial charge on any atom is 0.163 e. The van der Waals surface area contributed by atoms with Crippen LogP contribution in [0.15, 0.2) is 30.6 Å². The normalized spacial score (nSPS) is 16.8. The van der Waals surface area contributed by atoms with E-state index in [-0.39, 0.29) is 16.5 Å². The number of nitrogens with one attached hydrogen (secondary N) is 2. The van der Waals surface area contributed by atoms with Gasteiger partial charge in [-0.3, -0.25) is 0 Å². The van der Waals surface area contributed by atoms with Gasteiger partial charge in [0.15, 0.2) is 11.5 Å². The van der Waals surface area contributed by atoms with E-state index in [1.165, 1.54) is 12.4 Å². The van der Waals surface area contributed by atoms with E-state index in [0.717, 1.165) is 32.1 Å². The molecule has 0 amide bonds. The number of hydrogen-bond donors (Lipinski definition) is 3. The molecule has 4 rings (SSSR count). The van der Waals surface area contributed by atoms with E-state index in [9.17, 15) is 9.50 Å². The third-order valence-electron chi connectivity index (χ3n) is 5.39. The fourth-order valence-corrected chi connectivity index (χ4v) is 3.84. The monoisotopic (exact) mass is 461 g/mol. The molecule has 0 aliphatic carbocycles. The second-order valence-electron chi connectivity index (χ2n) is 7.70. The number of aromatic nitrogens is 2. The Bertz CT molecular complexity index is 1120. The van der Waals surface area contributed by atoms with E-state index in [4.69, 9.17) is 21.1 Å². The first-order valence-electron chi connectivity index (χ1n) is 10.3. The molecule has 1 fully saturated rings. The summed E-state index contributed by atoms with van der Waals surface area (Å²) < 4.78 is 25.8. The van der Waals surface area contributed by atoms with Gasteiger partial charge in [-0.05, 0) is 25.6 Å². The van der Waals surface area contributed by atoms with E-state index in [2.05, 4.69) is 32.5 Å². The average molecular weight is 462 g/mol. The van der Waals surface area contributed by atoms with Crippen molar-refractivity contribution in [1.29, 1.82) is 0 Å². The first-order chi connectivity index (χ1) is 15.4. The van der Waals surface area contributed by atoms with Gasteiger partial charge in [0.25, 0.3) is 0 Å². The van der Waals surface area contributed by atoms with Gasteiger partial charge < -0.3 is 30.1 Å². The first-order valence-corrected chi connectivity index (χ1v) is 10.6. The summed E-state index contributed by atoms with van der Waals surface area (Å²) in [5.74, 6) is 0.594. The molecule has 1 saturated heterocycles. The fraction of sp³-hybridized carbons (Fsp3) is 0.364. The highest BCUT2D eigenvalue weighted by Crippen LogP contribution is 2.36. The van der Waals surface area contributed by atoms with Gasteiger partial charge in [-0.25, -0.2) is 14.4 Å². The van der Waals surface area contributed by atoms with Crippen LogP contribution in [-0.2, 0) is 0 Å². The molecule has 0 bridgehead atoms. The molecule has 8 nitrogen and oxygen atoms in total. The number of fused-ring (bicyclic) bond motifs is 1.